The number of rotatable bonds is 4. The van der Waals surface area contributed by atoms with Crippen LogP contribution in [0.25, 0.3) is 11.3 Å². The van der Waals surface area contributed by atoms with E-state index in [1.807, 2.05) is 44.4 Å². The number of likely N-dealkylation sites (N-methyl/N-ethyl adjacent to an activating group) is 1. The summed E-state index contributed by atoms with van der Waals surface area (Å²) in [5.74, 6) is 0. The van der Waals surface area contributed by atoms with Gasteiger partial charge in [0.15, 0.2) is 0 Å². The van der Waals surface area contributed by atoms with Gasteiger partial charge in [0, 0.05) is 11.4 Å². The molecule has 0 bridgehead atoms. The Labute approximate surface area is 117 Å². The maximum absolute atomic E-state index is 11.5. The Kier molecular flexibility index (Phi) is 5.59. The second-order valence-electron chi connectivity index (χ2n) is 4.23. The van der Waals surface area contributed by atoms with Crippen molar-refractivity contribution in [2.75, 3.05) is 20.6 Å². The molecule has 2 aromatic rings. The fourth-order valence-electron chi connectivity index (χ4n) is 1.70. The van der Waals surface area contributed by atoms with Crippen molar-refractivity contribution in [2.24, 2.45) is 0 Å². The van der Waals surface area contributed by atoms with Crippen molar-refractivity contribution in [3.05, 3.63) is 44.9 Å². The zero-order chi connectivity index (χ0) is 12.3. The van der Waals surface area contributed by atoms with Crippen molar-refractivity contribution in [3.8, 4) is 11.3 Å². The molecule has 0 aliphatic heterocycles. The molecular formula is C13H17ClN2OS. The lowest BCUT2D eigenvalue weighted by Crippen LogP contribution is -2.14. The molecule has 0 saturated heterocycles. The first-order valence-electron chi connectivity index (χ1n) is 5.59. The van der Waals surface area contributed by atoms with Gasteiger partial charge in [-0.1, -0.05) is 41.7 Å². The van der Waals surface area contributed by atoms with Gasteiger partial charge in [0.1, 0.15) is 0 Å². The summed E-state index contributed by atoms with van der Waals surface area (Å²) in [7, 11) is 4.08. The van der Waals surface area contributed by atoms with Gasteiger partial charge >= 0.3 is 4.87 Å². The zero-order valence-corrected chi connectivity index (χ0v) is 12.1. The number of H-pyrrole nitrogens is 1. The molecule has 0 spiro atoms. The molecule has 1 aromatic heterocycles. The Morgan fingerprint density at radius 2 is 1.89 bits per heavy atom. The number of aromatic amines is 1. The van der Waals surface area contributed by atoms with E-state index in [4.69, 9.17) is 0 Å². The topological polar surface area (TPSA) is 36.1 Å². The summed E-state index contributed by atoms with van der Waals surface area (Å²) in [5.41, 5.74) is 2.06. The van der Waals surface area contributed by atoms with Crippen LogP contribution in [0.5, 0.6) is 0 Å². The minimum atomic E-state index is 0. The van der Waals surface area contributed by atoms with Gasteiger partial charge in [0.2, 0.25) is 0 Å². The molecular weight excluding hydrogens is 268 g/mol. The van der Waals surface area contributed by atoms with E-state index in [-0.39, 0.29) is 17.3 Å². The SMILES string of the molecule is CN(C)CCc1sc(=O)[nH]c1-c1ccccc1.Cl. The van der Waals surface area contributed by atoms with Crippen molar-refractivity contribution in [1.82, 2.24) is 9.88 Å². The van der Waals surface area contributed by atoms with Crippen LogP contribution >= 0.6 is 23.7 Å². The van der Waals surface area contributed by atoms with E-state index in [9.17, 15) is 4.79 Å². The van der Waals surface area contributed by atoms with Crippen LogP contribution in [-0.4, -0.2) is 30.5 Å². The van der Waals surface area contributed by atoms with Crippen LogP contribution < -0.4 is 4.87 Å². The van der Waals surface area contributed by atoms with Gasteiger partial charge in [-0.3, -0.25) is 4.79 Å². The molecule has 0 unspecified atom stereocenters. The van der Waals surface area contributed by atoms with E-state index in [0.717, 1.165) is 29.1 Å². The van der Waals surface area contributed by atoms with Gasteiger partial charge in [0.25, 0.3) is 0 Å². The molecule has 0 aliphatic rings. The summed E-state index contributed by atoms with van der Waals surface area (Å²) in [6.07, 6.45) is 0.903. The van der Waals surface area contributed by atoms with Crippen molar-refractivity contribution in [2.45, 2.75) is 6.42 Å². The highest BCUT2D eigenvalue weighted by molar-refractivity contribution is 7.09. The Morgan fingerprint density at radius 3 is 2.50 bits per heavy atom. The molecule has 18 heavy (non-hydrogen) atoms. The number of hydrogen-bond acceptors (Lipinski definition) is 3. The highest BCUT2D eigenvalue weighted by Gasteiger charge is 2.09. The molecule has 3 nitrogen and oxygen atoms in total. The highest BCUT2D eigenvalue weighted by atomic mass is 35.5. The average Bonchev–Trinajstić information content (AvgIpc) is 2.69. The Morgan fingerprint density at radius 1 is 1.22 bits per heavy atom. The molecule has 98 valence electrons. The lowest BCUT2D eigenvalue weighted by molar-refractivity contribution is 0.415. The van der Waals surface area contributed by atoms with Crippen LogP contribution in [0.2, 0.25) is 0 Å². The van der Waals surface area contributed by atoms with Crippen LogP contribution in [0.15, 0.2) is 35.1 Å². The van der Waals surface area contributed by atoms with E-state index in [2.05, 4.69) is 9.88 Å². The van der Waals surface area contributed by atoms with E-state index < -0.39 is 0 Å². The molecule has 1 N–H and O–H groups in total. The number of benzene rings is 1. The van der Waals surface area contributed by atoms with Gasteiger partial charge < -0.3 is 9.88 Å². The second-order valence-corrected chi connectivity index (χ2v) is 5.30. The Balaban J connectivity index is 0.00000162. The largest absolute Gasteiger partial charge is 0.312 e. The highest BCUT2D eigenvalue weighted by Crippen LogP contribution is 2.23. The quantitative estimate of drug-likeness (QED) is 0.937. The number of halogens is 1. The monoisotopic (exact) mass is 284 g/mol. The third kappa shape index (κ3) is 3.70. The number of hydrogen-bond donors (Lipinski definition) is 1. The van der Waals surface area contributed by atoms with Crippen LogP contribution in [0.3, 0.4) is 0 Å². The maximum atomic E-state index is 11.5. The van der Waals surface area contributed by atoms with Crippen molar-refractivity contribution in [3.63, 3.8) is 0 Å². The summed E-state index contributed by atoms with van der Waals surface area (Å²) >= 11 is 1.31. The molecule has 1 heterocycles. The van der Waals surface area contributed by atoms with Crippen LogP contribution in [0, 0.1) is 0 Å². The van der Waals surface area contributed by atoms with Gasteiger partial charge in [-0.2, -0.15) is 0 Å². The predicted molar refractivity (Wildman–Crippen MR) is 79.9 cm³/mol. The number of thiazole rings is 1. The van der Waals surface area contributed by atoms with E-state index >= 15 is 0 Å². The van der Waals surface area contributed by atoms with Crippen LogP contribution in [-0.2, 0) is 6.42 Å². The summed E-state index contributed by atoms with van der Waals surface area (Å²) in [5, 5.41) is 0. The first-order chi connectivity index (χ1) is 8.16. The third-order valence-electron chi connectivity index (χ3n) is 2.57. The fourth-order valence-corrected chi connectivity index (χ4v) is 2.54. The summed E-state index contributed by atoms with van der Waals surface area (Å²) in [6, 6.07) is 10.0. The Hall–Kier alpha value is -1.10. The molecule has 0 amide bonds. The normalized spacial score (nSPS) is 10.4. The fraction of sp³-hybridized carbons (Fsp3) is 0.308. The van der Waals surface area contributed by atoms with E-state index in [1.54, 1.807) is 0 Å². The van der Waals surface area contributed by atoms with Crippen LogP contribution in [0.4, 0.5) is 0 Å². The second kappa shape index (κ2) is 6.73. The number of aromatic nitrogens is 1. The average molecular weight is 285 g/mol. The Bertz CT molecular complexity index is 533. The molecule has 0 atom stereocenters. The summed E-state index contributed by atoms with van der Waals surface area (Å²) in [6.45, 7) is 0.952. The minimum absolute atomic E-state index is 0. The maximum Gasteiger partial charge on any atom is 0.305 e. The van der Waals surface area contributed by atoms with Gasteiger partial charge in [-0.15, -0.1) is 12.4 Å². The smallest absolute Gasteiger partial charge is 0.305 e. The van der Waals surface area contributed by atoms with E-state index in [0.29, 0.717) is 0 Å². The third-order valence-corrected chi connectivity index (χ3v) is 3.51. The molecule has 0 saturated carbocycles. The first-order valence-corrected chi connectivity index (χ1v) is 6.40. The number of nitrogens with zero attached hydrogens (tertiary/aromatic N) is 1. The summed E-state index contributed by atoms with van der Waals surface area (Å²) in [4.78, 5) is 17.7. The molecule has 5 heteroatoms. The van der Waals surface area contributed by atoms with Crippen molar-refractivity contribution in [1.29, 1.82) is 0 Å². The molecule has 0 aliphatic carbocycles. The van der Waals surface area contributed by atoms with Crippen molar-refractivity contribution >= 4 is 23.7 Å². The molecule has 1 aromatic carbocycles. The van der Waals surface area contributed by atoms with Gasteiger partial charge in [-0.05, 0) is 26.1 Å². The van der Waals surface area contributed by atoms with E-state index in [1.165, 1.54) is 11.3 Å². The minimum Gasteiger partial charge on any atom is -0.312 e. The lowest BCUT2D eigenvalue weighted by Gasteiger charge is -2.09. The van der Waals surface area contributed by atoms with Crippen molar-refractivity contribution < 1.29 is 0 Å². The van der Waals surface area contributed by atoms with Gasteiger partial charge in [-0.25, -0.2) is 0 Å². The molecule has 0 fully saturated rings. The zero-order valence-electron chi connectivity index (χ0n) is 10.5. The van der Waals surface area contributed by atoms with Crippen LogP contribution in [0.1, 0.15) is 4.88 Å². The van der Waals surface area contributed by atoms with Gasteiger partial charge in [0.05, 0.1) is 5.69 Å². The predicted octanol–water partition coefficient (Wildman–Crippen LogP) is 2.63. The molecule has 2 rings (SSSR count). The first kappa shape index (κ1) is 15.0. The lowest BCUT2D eigenvalue weighted by atomic mass is 10.1. The standard InChI is InChI=1S/C13H16N2OS.ClH/c1-15(2)9-8-11-12(14-13(16)17-11)10-6-4-3-5-7-10;/h3-7H,8-9H2,1-2H3,(H,14,16);1H. The molecule has 0 radical (unpaired) electrons. The number of nitrogens with one attached hydrogen (secondary N) is 1. The summed E-state index contributed by atoms with van der Waals surface area (Å²) < 4.78 is 0.